The van der Waals surface area contributed by atoms with Crippen LogP contribution < -0.4 is 10.2 Å². The second-order valence-corrected chi connectivity index (χ2v) is 5.50. The van der Waals surface area contributed by atoms with E-state index in [0.717, 1.165) is 30.2 Å². The van der Waals surface area contributed by atoms with Crippen molar-refractivity contribution in [2.24, 2.45) is 5.92 Å². The van der Waals surface area contributed by atoms with Crippen molar-refractivity contribution in [2.75, 3.05) is 25.5 Å². The number of nitrogens with one attached hydrogen (secondary N) is 1. The molecule has 0 aliphatic heterocycles. The number of aromatic nitrogens is 1. The Labute approximate surface area is 114 Å². The van der Waals surface area contributed by atoms with Crippen molar-refractivity contribution < 1.29 is 0 Å². The molecule has 100 valence electrons. The highest BCUT2D eigenvalue weighted by Crippen LogP contribution is 2.33. The van der Waals surface area contributed by atoms with Gasteiger partial charge in [0.25, 0.3) is 0 Å². The van der Waals surface area contributed by atoms with Crippen molar-refractivity contribution in [1.29, 1.82) is 0 Å². The quantitative estimate of drug-likeness (QED) is 0.890. The molecule has 0 atom stereocenters. The second-order valence-electron chi connectivity index (χ2n) is 5.50. The monoisotopic (exact) mass is 255 g/mol. The van der Waals surface area contributed by atoms with E-state index in [1.165, 1.54) is 23.9 Å². The number of hydrogen-bond acceptors (Lipinski definition) is 3. The molecule has 0 spiro atoms. The van der Waals surface area contributed by atoms with Gasteiger partial charge >= 0.3 is 0 Å². The Bertz CT molecular complexity index is 575. The maximum atomic E-state index is 4.71. The van der Waals surface area contributed by atoms with Crippen LogP contribution >= 0.6 is 0 Å². The molecular formula is C16H21N3. The Hall–Kier alpha value is -1.61. The van der Waals surface area contributed by atoms with Crippen molar-refractivity contribution in [3.05, 3.63) is 36.0 Å². The molecule has 1 aromatic carbocycles. The Kier molecular flexibility index (Phi) is 3.38. The van der Waals surface area contributed by atoms with Gasteiger partial charge in [-0.25, -0.2) is 0 Å². The molecule has 0 saturated heterocycles. The molecule has 0 amide bonds. The van der Waals surface area contributed by atoms with E-state index in [0.29, 0.717) is 0 Å². The molecule has 3 nitrogen and oxygen atoms in total. The minimum Gasteiger partial charge on any atom is -0.374 e. The van der Waals surface area contributed by atoms with Gasteiger partial charge < -0.3 is 10.2 Å². The first-order valence-electron chi connectivity index (χ1n) is 7.02. The first kappa shape index (κ1) is 12.4. The van der Waals surface area contributed by atoms with E-state index in [4.69, 9.17) is 4.98 Å². The Morgan fingerprint density at radius 2 is 2.11 bits per heavy atom. The minimum atomic E-state index is 0.815. The van der Waals surface area contributed by atoms with Gasteiger partial charge in [0.2, 0.25) is 0 Å². The molecule has 2 aromatic rings. The topological polar surface area (TPSA) is 28.2 Å². The Balaban J connectivity index is 2.02. The van der Waals surface area contributed by atoms with E-state index in [-0.39, 0.29) is 0 Å². The molecule has 0 bridgehead atoms. The van der Waals surface area contributed by atoms with Crippen LogP contribution in [-0.2, 0) is 6.54 Å². The van der Waals surface area contributed by atoms with Gasteiger partial charge in [-0.2, -0.15) is 0 Å². The maximum absolute atomic E-state index is 4.71. The van der Waals surface area contributed by atoms with Gasteiger partial charge in [-0.05, 0) is 37.9 Å². The van der Waals surface area contributed by atoms with Crippen LogP contribution in [0, 0.1) is 5.92 Å². The molecule has 0 unspecified atom stereocenters. The zero-order valence-corrected chi connectivity index (χ0v) is 11.7. The molecule has 3 heteroatoms. The predicted molar refractivity (Wildman–Crippen MR) is 80.5 cm³/mol. The van der Waals surface area contributed by atoms with Gasteiger partial charge in [0.1, 0.15) is 0 Å². The van der Waals surface area contributed by atoms with E-state index >= 15 is 0 Å². The molecule has 0 radical (unpaired) electrons. The number of rotatable bonds is 5. The minimum absolute atomic E-state index is 0.815. The SMILES string of the molecule is CNCc1cc(N(C)CC2CC2)c2ccccc2n1. The zero-order chi connectivity index (χ0) is 13.2. The average molecular weight is 255 g/mol. The highest BCUT2D eigenvalue weighted by atomic mass is 15.1. The van der Waals surface area contributed by atoms with Crippen molar-refractivity contribution in [2.45, 2.75) is 19.4 Å². The van der Waals surface area contributed by atoms with Gasteiger partial charge in [0.15, 0.2) is 0 Å². The Morgan fingerprint density at radius 3 is 2.84 bits per heavy atom. The number of hydrogen-bond donors (Lipinski definition) is 1. The number of anilines is 1. The van der Waals surface area contributed by atoms with Crippen LogP contribution in [0.4, 0.5) is 5.69 Å². The van der Waals surface area contributed by atoms with Gasteiger partial charge in [-0.3, -0.25) is 4.98 Å². The predicted octanol–water partition coefficient (Wildman–Crippen LogP) is 2.80. The second kappa shape index (κ2) is 5.17. The summed E-state index contributed by atoms with van der Waals surface area (Å²) in [7, 11) is 4.16. The van der Waals surface area contributed by atoms with Gasteiger partial charge in [-0.15, -0.1) is 0 Å². The fourth-order valence-electron chi connectivity index (χ4n) is 2.58. The number of para-hydroxylation sites is 1. The lowest BCUT2D eigenvalue weighted by atomic mass is 10.1. The third-order valence-electron chi connectivity index (χ3n) is 3.75. The van der Waals surface area contributed by atoms with Crippen LogP contribution in [0.5, 0.6) is 0 Å². The fourth-order valence-corrected chi connectivity index (χ4v) is 2.58. The fraction of sp³-hybridized carbons (Fsp3) is 0.438. The van der Waals surface area contributed by atoms with Crippen LogP contribution in [0.3, 0.4) is 0 Å². The normalized spacial score (nSPS) is 14.8. The van der Waals surface area contributed by atoms with E-state index in [2.05, 4.69) is 47.6 Å². The largest absolute Gasteiger partial charge is 0.374 e. The van der Waals surface area contributed by atoms with E-state index in [1.807, 2.05) is 7.05 Å². The lowest BCUT2D eigenvalue weighted by molar-refractivity contribution is 0.778. The summed E-state index contributed by atoms with van der Waals surface area (Å²) < 4.78 is 0. The molecule has 1 aromatic heterocycles. The van der Waals surface area contributed by atoms with E-state index in [9.17, 15) is 0 Å². The van der Waals surface area contributed by atoms with Gasteiger partial charge in [0.05, 0.1) is 11.2 Å². The highest BCUT2D eigenvalue weighted by molar-refractivity contribution is 5.91. The summed E-state index contributed by atoms with van der Waals surface area (Å²) in [5.74, 6) is 0.893. The molecule has 1 saturated carbocycles. The standard InChI is InChI=1S/C16H21N3/c1-17-10-13-9-16(19(2)11-12-7-8-12)14-5-3-4-6-15(14)18-13/h3-6,9,12,17H,7-8,10-11H2,1-2H3. The first-order chi connectivity index (χ1) is 9.28. The molecule has 1 heterocycles. The summed E-state index contributed by atoms with van der Waals surface area (Å²) >= 11 is 0. The maximum Gasteiger partial charge on any atom is 0.0726 e. The van der Waals surface area contributed by atoms with Crippen molar-refractivity contribution in [1.82, 2.24) is 10.3 Å². The smallest absolute Gasteiger partial charge is 0.0726 e. The number of pyridine rings is 1. The molecule has 19 heavy (non-hydrogen) atoms. The van der Waals surface area contributed by atoms with Gasteiger partial charge in [0, 0.05) is 31.2 Å². The molecule has 1 N–H and O–H groups in total. The van der Waals surface area contributed by atoms with Crippen molar-refractivity contribution in [3.8, 4) is 0 Å². The number of nitrogens with zero attached hydrogens (tertiary/aromatic N) is 2. The van der Waals surface area contributed by atoms with Crippen LogP contribution in [0.15, 0.2) is 30.3 Å². The van der Waals surface area contributed by atoms with E-state index in [1.54, 1.807) is 0 Å². The van der Waals surface area contributed by atoms with Crippen molar-refractivity contribution >= 4 is 16.6 Å². The lowest BCUT2D eigenvalue weighted by Gasteiger charge is -2.21. The summed E-state index contributed by atoms with van der Waals surface area (Å²) in [4.78, 5) is 7.10. The van der Waals surface area contributed by atoms with Crippen LogP contribution in [0.25, 0.3) is 10.9 Å². The molecular weight excluding hydrogens is 234 g/mol. The number of fused-ring (bicyclic) bond motifs is 1. The average Bonchev–Trinajstić information content (AvgIpc) is 3.22. The van der Waals surface area contributed by atoms with Crippen LogP contribution in [0.1, 0.15) is 18.5 Å². The molecule has 1 fully saturated rings. The Morgan fingerprint density at radius 1 is 1.32 bits per heavy atom. The summed E-state index contributed by atoms with van der Waals surface area (Å²) in [6.07, 6.45) is 2.77. The van der Waals surface area contributed by atoms with Crippen LogP contribution in [0.2, 0.25) is 0 Å². The molecule has 3 rings (SSSR count). The summed E-state index contributed by atoms with van der Waals surface area (Å²) in [5.41, 5.74) is 3.51. The third kappa shape index (κ3) is 2.71. The lowest BCUT2D eigenvalue weighted by Crippen LogP contribution is -2.21. The highest BCUT2D eigenvalue weighted by Gasteiger charge is 2.23. The van der Waals surface area contributed by atoms with E-state index < -0.39 is 0 Å². The molecule has 1 aliphatic rings. The zero-order valence-electron chi connectivity index (χ0n) is 11.7. The number of benzene rings is 1. The summed E-state index contributed by atoms with van der Waals surface area (Å²) in [5, 5.41) is 4.44. The van der Waals surface area contributed by atoms with Crippen molar-refractivity contribution in [3.63, 3.8) is 0 Å². The first-order valence-corrected chi connectivity index (χ1v) is 7.02. The third-order valence-corrected chi connectivity index (χ3v) is 3.75. The summed E-state index contributed by atoms with van der Waals surface area (Å²) in [6, 6.07) is 10.6. The summed E-state index contributed by atoms with van der Waals surface area (Å²) in [6.45, 7) is 1.97. The van der Waals surface area contributed by atoms with Crippen LogP contribution in [-0.4, -0.2) is 25.6 Å². The molecule has 1 aliphatic carbocycles. The van der Waals surface area contributed by atoms with Gasteiger partial charge in [-0.1, -0.05) is 18.2 Å².